The number of thiazole rings is 1. The Balaban J connectivity index is 1.78. The van der Waals surface area contributed by atoms with E-state index in [4.69, 9.17) is 15.0 Å². The van der Waals surface area contributed by atoms with Crippen molar-refractivity contribution in [2.45, 2.75) is 20.5 Å². The van der Waals surface area contributed by atoms with Gasteiger partial charge in [0.1, 0.15) is 18.1 Å². The predicted molar refractivity (Wildman–Crippen MR) is 82.3 cm³/mol. The maximum atomic E-state index is 6.05. The molecule has 0 spiro atoms. The van der Waals surface area contributed by atoms with Gasteiger partial charge in [-0.15, -0.1) is 11.3 Å². The van der Waals surface area contributed by atoms with Gasteiger partial charge in [-0.2, -0.15) is 0 Å². The lowest BCUT2D eigenvalue weighted by atomic mass is 10.1. The Morgan fingerprint density at radius 2 is 2.19 bits per heavy atom. The summed E-state index contributed by atoms with van der Waals surface area (Å²) in [5.41, 5.74) is 12.1. The van der Waals surface area contributed by atoms with Gasteiger partial charge in [0.15, 0.2) is 0 Å². The summed E-state index contributed by atoms with van der Waals surface area (Å²) in [5.74, 6) is 1.42. The van der Waals surface area contributed by atoms with Gasteiger partial charge in [0.25, 0.3) is 0 Å². The van der Waals surface area contributed by atoms with Crippen LogP contribution in [0.25, 0.3) is 11.3 Å². The van der Waals surface area contributed by atoms with Crippen LogP contribution in [0.2, 0.25) is 0 Å². The highest BCUT2D eigenvalue weighted by Gasteiger charge is 2.11. The number of rotatable bonds is 4. The Morgan fingerprint density at radius 1 is 1.33 bits per heavy atom. The lowest BCUT2D eigenvalue weighted by Crippen LogP contribution is -2.00. The fraction of sp³-hybridized carbons (Fsp3) is 0.200. The first-order chi connectivity index (χ1) is 10.1. The number of aromatic nitrogens is 2. The number of aryl methyl sites for hydroxylation is 2. The summed E-state index contributed by atoms with van der Waals surface area (Å²) in [4.78, 5) is 4.27. The highest BCUT2D eigenvalue weighted by Crippen LogP contribution is 2.29. The van der Waals surface area contributed by atoms with E-state index >= 15 is 0 Å². The molecule has 0 unspecified atom stereocenters. The largest absolute Gasteiger partial charge is 0.487 e. The van der Waals surface area contributed by atoms with Crippen molar-refractivity contribution in [3.8, 4) is 17.0 Å². The van der Waals surface area contributed by atoms with E-state index in [1.807, 2.05) is 37.4 Å². The average Bonchev–Trinajstić information content (AvgIpc) is 3.10. The molecule has 2 aromatic heterocycles. The number of nitrogens with two attached hydrogens (primary N) is 1. The molecule has 21 heavy (non-hydrogen) atoms. The maximum absolute atomic E-state index is 6.05. The van der Waals surface area contributed by atoms with Crippen LogP contribution in [0.3, 0.4) is 0 Å². The standard InChI is InChI=1S/C15H15N3O2S/c1-9-12(10(2)20-18-9)6-19-15-4-3-11(5-13(15)16)14-7-21-8-17-14/h3-5,7-8H,6,16H2,1-2H3. The number of anilines is 1. The van der Waals surface area contributed by atoms with Crippen LogP contribution in [0.15, 0.2) is 33.6 Å². The minimum absolute atomic E-state index is 0.390. The van der Waals surface area contributed by atoms with Crippen molar-refractivity contribution in [2.75, 3.05) is 5.73 Å². The molecule has 0 atom stereocenters. The maximum Gasteiger partial charge on any atom is 0.142 e. The normalized spacial score (nSPS) is 10.8. The van der Waals surface area contributed by atoms with Gasteiger partial charge in [-0.3, -0.25) is 0 Å². The van der Waals surface area contributed by atoms with Gasteiger partial charge in [0.05, 0.1) is 28.1 Å². The third-order valence-corrected chi connectivity index (χ3v) is 3.88. The number of benzene rings is 1. The summed E-state index contributed by atoms with van der Waals surface area (Å²) in [6, 6.07) is 5.69. The van der Waals surface area contributed by atoms with Crippen molar-refractivity contribution < 1.29 is 9.26 Å². The topological polar surface area (TPSA) is 74.2 Å². The van der Waals surface area contributed by atoms with E-state index in [-0.39, 0.29) is 0 Å². The molecule has 0 aliphatic carbocycles. The van der Waals surface area contributed by atoms with Crippen molar-refractivity contribution in [1.82, 2.24) is 10.1 Å². The molecule has 108 valence electrons. The fourth-order valence-corrected chi connectivity index (χ4v) is 2.61. The molecule has 0 fully saturated rings. The van der Waals surface area contributed by atoms with E-state index in [1.54, 1.807) is 16.8 Å². The molecule has 0 amide bonds. The molecule has 0 radical (unpaired) electrons. The minimum atomic E-state index is 0.390. The van der Waals surface area contributed by atoms with E-state index < -0.39 is 0 Å². The lowest BCUT2D eigenvalue weighted by molar-refractivity contribution is 0.303. The van der Waals surface area contributed by atoms with Crippen LogP contribution < -0.4 is 10.5 Å². The van der Waals surface area contributed by atoms with Gasteiger partial charge >= 0.3 is 0 Å². The minimum Gasteiger partial charge on any atom is -0.487 e. The molecule has 0 aliphatic rings. The predicted octanol–water partition coefficient (Wildman–Crippen LogP) is 3.58. The molecule has 0 saturated carbocycles. The van der Waals surface area contributed by atoms with Crippen molar-refractivity contribution in [3.63, 3.8) is 0 Å². The average molecular weight is 301 g/mol. The molecular weight excluding hydrogens is 286 g/mol. The zero-order valence-corrected chi connectivity index (χ0v) is 12.6. The monoisotopic (exact) mass is 301 g/mol. The van der Waals surface area contributed by atoms with Crippen molar-refractivity contribution in [1.29, 1.82) is 0 Å². The number of nitrogens with zero attached hydrogens (tertiary/aromatic N) is 2. The van der Waals surface area contributed by atoms with E-state index in [0.717, 1.165) is 28.3 Å². The molecule has 0 aliphatic heterocycles. The van der Waals surface area contributed by atoms with E-state index in [2.05, 4.69) is 10.1 Å². The molecule has 2 heterocycles. The Bertz CT molecular complexity index is 731. The Hall–Kier alpha value is -2.34. The van der Waals surface area contributed by atoms with Gasteiger partial charge < -0.3 is 15.0 Å². The molecule has 3 aromatic rings. The Labute approximate surface area is 126 Å². The van der Waals surface area contributed by atoms with Crippen LogP contribution in [-0.2, 0) is 6.61 Å². The number of hydrogen-bond donors (Lipinski definition) is 1. The van der Waals surface area contributed by atoms with Crippen LogP contribution in [0.5, 0.6) is 5.75 Å². The number of nitrogen functional groups attached to an aromatic ring is 1. The van der Waals surface area contributed by atoms with Crippen LogP contribution in [0.1, 0.15) is 17.0 Å². The van der Waals surface area contributed by atoms with Gasteiger partial charge in [0.2, 0.25) is 0 Å². The quantitative estimate of drug-likeness (QED) is 0.746. The second-order valence-corrected chi connectivity index (χ2v) is 5.44. The smallest absolute Gasteiger partial charge is 0.142 e. The van der Waals surface area contributed by atoms with Gasteiger partial charge in [-0.1, -0.05) is 5.16 Å². The molecule has 0 bridgehead atoms. The van der Waals surface area contributed by atoms with Crippen LogP contribution >= 0.6 is 11.3 Å². The van der Waals surface area contributed by atoms with Gasteiger partial charge in [-0.25, -0.2) is 4.98 Å². The number of hydrogen-bond acceptors (Lipinski definition) is 6. The zero-order valence-electron chi connectivity index (χ0n) is 11.8. The number of ether oxygens (including phenoxy) is 1. The van der Waals surface area contributed by atoms with E-state index in [1.165, 1.54) is 0 Å². The van der Waals surface area contributed by atoms with Gasteiger partial charge in [0, 0.05) is 10.9 Å². The third-order valence-electron chi connectivity index (χ3n) is 3.29. The van der Waals surface area contributed by atoms with Crippen molar-refractivity contribution in [2.24, 2.45) is 0 Å². The summed E-state index contributed by atoms with van der Waals surface area (Å²) >= 11 is 1.56. The molecular formula is C15H15N3O2S. The fourth-order valence-electron chi connectivity index (χ4n) is 2.05. The third kappa shape index (κ3) is 2.75. The SMILES string of the molecule is Cc1noc(C)c1COc1ccc(-c2cscn2)cc1N. The summed E-state index contributed by atoms with van der Waals surface area (Å²) < 4.78 is 10.9. The van der Waals surface area contributed by atoms with Crippen LogP contribution in [0, 0.1) is 13.8 Å². The Kier molecular flexibility index (Phi) is 3.62. The first-order valence-electron chi connectivity index (χ1n) is 6.48. The highest BCUT2D eigenvalue weighted by molar-refractivity contribution is 7.07. The zero-order chi connectivity index (χ0) is 14.8. The van der Waals surface area contributed by atoms with Gasteiger partial charge in [-0.05, 0) is 32.0 Å². The molecule has 6 heteroatoms. The molecule has 2 N–H and O–H groups in total. The second-order valence-electron chi connectivity index (χ2n) is 4.72. The molecule has 0 saturated heterocycles. The van der Waals surface area contributed by atoms with Crippen molar-refractivity contribution in [3.05, 3.63) is 46.1 Å². The highest BCUT2D eigenvalue weighted by atomic mass is 32.1. The van der Waals surface area contributed by atoms with Crippen LogP contribution in [0.4, 0.5) is 5.69 Å². The summed E-state index contributed by atoms with van der Waals surface area (Å²) in [7, 11) is 0. The summed E-state index contributed by atoms with van der Waals surface area (Å²) in [6.07, 6.45) is 0. The van der Waals surface area contributed by atoms with Crippen molar-refractivity contribution >= 4 is 17.0 Å². The molecule has 3 rings (SSSR count). The second kappa shape index (κ2) is 5.57. The summed E-state index contributed by atoms with van der Waals surface area (Å²) in [6.45, 7) is 4.15. The molecule has 1 aromatic carbocycles. The summed E-state index contributed by atoms with van der Waals surface area (Å²) in [5, 5.41) is 5.89. The Morgan fingerprint density at radius 3 is 2.81 bits per heavy atom. The van der Waals surface area contributed by atoms with E-state index in [0.29, 0.717) is 18.0 Å². The first kappa shape index (κ1) is 13.6. The van der Waals surface area contributed by atoms with E-state index in [9.17, 15) is 0 Å². The molecule has 5 nitrogen and oxygen atoms in total. The van der Waals surface area contributed by atoms with Crippen LogP contribution in [-0.4, -0.2) is 10.1 Å². The lowest BCUT2D eigenvalue weighted by Gasteiger charge is -2.09. The first-order valence-corrected chi connectivity index (χ1v) is 7.42.